The van der Waals surface area contributed by atoms with Crippen LogP contribution >= 0.6 is 0 Å². The summed E-state index contributed by atoms with van der Waals surface area (Å²) in [5.41, 5.74) is 0.716. The first-order chi connectivity index (χ1) is 7.22. The number of benzene rings is 1. The van der Waals surface area contributed by atoms with E-state index in [9.17, 15) is 10.1 Å². The van der Waals surface area contributed by atoms with Gasteiger partial charge in [-0.1, -0.05) is 0 Å². The van der Waals surface area contributed by atoms with Crippen LogP contribution in [-0.4, -0.2) is 17.0 Å². The van der Waals surface area contributed by atoms with Crippen LogP contribution in [0.5, 0.6) is 5.75 Å². The number of pyridine rings is 1. The zero-order valence-corrected chi connectivity index (χ0v) is 8.01. The minimum Gasteiger partial charge on any atom is -0.496 e. The Morgan fingerprint density at radius 3 is 2.87 bits per heavy atom. The maximum Gasteiger partial charge on any atom is 0.270 e. The molecule has 0 aliphatic carbocycles. The van der Waals surface area contributed by atoms with E-state index in [4.69, 9.17) is 4.74 Å². The molecule has 0 unspecified atom stereocenters. The number of fused-ring (bicyclic) bond motifs is 1. The summed E-state index contributed by atoms with van der Waals surface area (Å²) in [7, 11) is 1.52. The van der Waals surface area contributed by atoms with Gasteiger partial charge in [0.05, 0.1) is 17.5 Å². The Morgan fingerprint density at radius 2 is 2.20 bits per heavy atom. The summed E-state index contributed by atoms with van der Waals surface area (Å²) in [5.74, 6) is 0.587. The molecule has 0 amide bonds. The molecule has 0 aliphatic rings. The molecule has 2 aromatic rings. The molecule has 0 bridgehead atoms. The number of hydrogen-bond acceptors (Lipinski definition) is 4. The molecule has 0 aliphatic heterocycles. The first kappa shape index (κ1) is 9.39. The molecule has 1 aromatic carbocycles. The Labute approximate surface area is 85.5 Å². The summed E-state index contributed by atoms with van der Waals surface area (Å²) in [5, 5.41) is 11.2. The maximum absolute atomic E-state index is 10.6. The third-order valence-electron chi connectivity index (χ3n) is 2.12. The quantitative estimate of drug-likeness (QED) is 0.555. The average molecular weight is 204 g/mol. The molecule has 15 heavy (non-hydrogen) atoms. The zero-order valence-electron chi connectivity index (χ0n) is 8.01. The lowest BCUT2D eigenvalue weighted by molar-refractivity contribution is -0.384. The highest BCUT2D eigenvalue weighted by molar-refractivity contribution is 5.86. The van der Waals surface area contributed by atoms with Crippen molar-refractivity contribution < 1.29 is 9.66 Å². The number of rotatable bonds is 2. The molecular formula is C10H8N2O3. The monoisotopic (exact) mass is 204 g/mol. The lowest BCUT2D eigenvalue weighted by Crippen LogP contribution is -1.90. The first-order valence-electron chi connectivity index (χ1n) is 4.29. The van der Waals surface area contributed by atoms with Crippen molar-refractivity contribution in [3.63, 3.8) is 0 Å². The van der Waals surface area contributed by atoms with Crippen LogP contribution in [0.25, 0.3) is 10.9 Å². The van der Waals surface area contributed by atoms with Crippen molar-refractivity contribution in [2.24, 2.45) is 0 Å². The van der Waals surface area contributed by atoms with Crippen molar-refractivity contribution in [2.45, 2.75) is 0 Å². The van der Waals surface area contributed by atoms with Gasteiger partial charge in [0.25, 0.3) is 5.69 Å². The van der Waals surface area contributed by atoms with E-state index in [1.165, 1.54) is 19.2 Å². The first-order valence-corrected chi connectivity index (χ1v) is 4.29. The van der Waals surface area contributed by atoms with Crippen LogP contribution in [0, 0.1) is 10.1 Å². The predicted molar refractivity (Wildman–Crippen MR) is 54.9 cm³/mol. The van der Waals surface area contributed by atoms with Gasteiger partial charge in [-0.05, 0) is 12.1 Å². The van der Waals surface area contributed by atoms with Crippen LogP contribution in [0.15, 0.2) is 30.5 Å². The minimum atomic E-state index is -0.439. The van der Waals surface area contributed by atoms with Crippen LogP contribution < -0.4 is 4.74 Å². The number of nitro benzene ring substituents is 1. The molecule has 76 valence electrons. The standard InChI is InChI=1S/C10H8N2O3/c1-15-10-4-5-11-9-3-2-7(12(13)14)6-8(9)10/h2-6H,1H3. The molecule has 5 heteroatoms. The topological polar surface area (TPSA) is 65.3 Å². The molecular weight excluding hydrogens is 196 g/mol. The number of non-ortho nitro benzene ring substituents is 1. The second kappa shape index (κ2) is 3.53. The number of nitro groups is 1. The Hall–Kier alpha value is -2.17. The highest BCUT2D eigenvalue weighted by atomic mass is 16.6. The highest BCUT2D eigenvalue weighted by Crippen LogP contribution is 2.26. The van der Waals surface area contributed by atoms with Gasteiger partial charge >= 0.3 is 0 Å². The van der Waals surface area contributed by atoms with E-state index in [0.717, 1.165) is 0 Å². The van der Waals surface area contributed by atoms with Gasteiger partial charge in [-0.2, -0.15) is 0 Å². The van der Waals surface area contributed by atoms with Gasteiger partial charge in [0, 0.05) is 23.7 Å². The van der Waals surface area contributed by atoms with E-state index in [1.807, 2.05) is 0 Å². The molecule has 1 aromatic heterocycles. The molecule has 0 spiro atoms. The molecule has 5 nitrogen and oxygen atoms in total. The van der Waals surface area contributed by atoms with Crippen LogP contribution in [-0.2, 0) is 0 Å². The van der Waals surface area contributed by atoms with Gasteiger partial charge in [-0.15, -0.1) is 0 Å². The van der Waals surface area contributed by atoms with Crippen molar-refractivity contribution in [3.05, 3.63) is 40.6 Å². The van der Waals surface area contributed by atoms with E-state index < -0.39 is 4.92 Å². The van der Waals surface area contributed by atoms with Crippen LogP contribution in [0.4, 0.5) is 5.69 Å². The summed E-state index contributed by atoms with van der Waals surface area (Å²) in [4.78, 5) is 14.2. The Balaban J connectivity index is 2.72. The summed E-state index contributed by atoms with van der Waals surface area (Å²) < 4.78 is 5.10. The number of ether oxygens (including phenoxy) is 1. The third-order valence-corrected chi connectivity index (χ3v) is 2.12. The highest BCUT2D eigenvalue weighted by Gasteiger charge is 2.09. The van der Waals surface area contributed by atoms with Crippen LogP contribution in [0.3, 0.4) is 0 Å². The van der Waals surface area contributed by atoms with Crippen LogP contribution in [0.2, 0.25) is 0 Å². The van der Waals surface area contributed by atoms with Gasteiger partial charge in [-0.25, -0.2) is 0 Å². The average Bonchev–Trinajstić information content (AvgIpc) is 2.27. The lowest BCUT2D eigenvalue weighted by atomic mass is 10.2. The van der Waals surface area contributed by atoms with Crippen molar-refractivity contribution >= 4 is 16.6 Å². The Kier molecular flexibility index (Phi) is 2.21. The zero-order chi connectivity index (χ0) is 10.8. The normalized spacial score (nSPS) is 10.2. The van der Waals surface area contributed by atoms with Gasteiger partial charge in [0.1, 0.15) is 5.75 Å². The van der Waals surface area contributed by atoms with Gasteiger partial charge in [0.15, 0.2) is 0 Å². The molecule has 0 saturated carbocycles. The number of methoxy groups -OCH3 is 1. The second-order valence-corrected chi connectivity index (χ2v) is 2.97. The number of aromatic nitrogens is 1. The van der Waals surface area contributed by atoms with Crippen molar-refractivity contribution in [2.75, 3.05) is 7.11 Å². The van der Waals surface area contributed by atoms with Gasteiger partial charge < -0.3 is 4.74 Å². The molecule has 1 heterocycles. The van der Waals surface area contributed by atoms with Gasteiger partial charge in [0.2, 0.25) is 0 Å². The molecule has 2 rings (SSSR count). The molecule has 0 atom stereocenters. The SMILES string of the molecule is COc1ccnc2ccc([N+](=O)[O-])cc12. The van der Waals surface area contributed by atoms with E-state index >= 15 is 0 Å². The van der Waals surface area contributed by atoms with Crippen molar-refractivity contribution in [1.82, 2.24) is 4.98 Å². The fraction of sp³-hybridized carbons (Fsp3) is 0.100. The molecule has 0 radical (unpaired) electrons. The minimum absolute atomic E-state index is 0.0359. The molecule has 0 N–H and O–H groups in total. The van der Waals surface area contributed by atoms with Crippen LogP contribution in [0.1, 0.15) is 0 Å². The maximum atomic E-state index is 10.6. The van der Waals surface area contributed by atoms with Crippen molar-refractivity contribution in [3.8, 4) is 5.75 Å². The number of nitrogens with zero attached hydrogens (tertiary/aromatic N) is 2. The summed E-state index contributed by atoms with van der Waals surface area (Å²) >= 11 is 0. The summed E-state index contributed by atoms with van der Waals surface area (Å²) in [6, 6.07) is 6.16. The fourth-order valence-corrected chi connectivity index (χ4v) is 1.40. The Morgan fingerprint density at radius 1 is 1.40 bits per heavy atom. The van der Waals surface area contributed by atoms with E-state index in [0.29, 0.717) is 16.7 Å². The Bertz CT molecular complexity index is 525. The largest absolute Gasteiger partial charge is 0.496 e. The fourth-order valence-electron chi connectivity index (χ4n) is 1.40. The van der Waals surface area contributed by atoms with Gasteiger partial charge in [-0.3, -0.25) is 15.1 Å². The molecule has 0 fully saturated rings. The third kappa shape index (κ3) is 1.59. The van der Waals surface area contributed by atoms with E-state index in [2.05, 4.69) is 4.98 Å². The second-order valence-electron chi connectivity index (χ2n) is 2.97. The smallest absolute Gasteiger partial charge is 0.270 e. The number of hydrogen-bond donors (Lipinski definition) is 0. The summed E-state index contributed by atoms with van der Waals surface area (Å²) in [6.45, 7) is 0. The van der Waals surface area contributed by atoms with Crippen molar-refractivity contribution in [1.29, 1.82) is 0 Å². The predicted octanol–water partition coefficient (Wildman–Crippen LogP) is 2.15. The lowest BCUT2D eigenvalue weighted by Gasteiger charge is -2.03. The molecule has 0 saturated heterocycles. The summed E-state index contributed by atoms with van der Waals surface area (Å²) in [6.07, 6.45) is 1.60. The van der Waals surface area contributed by atoms with E-state index in [1.54, 1.807) is 18.3 Å². The van der Waals surface area contributed by atoms with E-state index in [-0.39, 0.29) is 5.69 Å².